The molecule has 0 radical (unpaired) electrons. The number of hydrogen-bond donors (Lipinski definition) is 0. The van der Waals surface area contributed by atoms with Crippen molar-refractivity contribution in [2.24, 2.45) is 0 Å². The van der Waals surface area contributed by atoms with Gasteiger partial charge in [-0.15, -0.1) is 0 Å². The summed E-state index contributed by atoms with van der Waals surface area (Å²) in [5, 5.41) is 4.82. The molecule has 1 aromatic heterocycles. The third kappa shape index (κ3) is 5.73. The molecule has 204 valence electrons. The average Bonchev–Trinajstić information content (AvgIpc) is 3.67. The SMILES string of the molecule is CCN(CC)S(=O)(=O)c1cccc(-c2nn(-c3ccccc3)cc2C=C2SC(=S)N(CC3CCCO3)C2=O)c1. The second-order valence-electron chi connectivity index (χ2n) is 9.26. The Balaban J connectivity index is 1.55. The van der Waals surface area contributed by atoms with Crippen molar-refractivity contribution in [2.45, 2.75) is 37.7 Å². The Morgan fingerprint density at radius 1 is 1.15 bits per heavy atom. The number of amides is 1. The molecule has 8 nitrogen and oxygen atoms in total. The summed E-state index contributed by atoms with van der Waals surface area (Å²) in [4.78, 5) is 15.7. The Kier molecular flexibility index (Phi) is 8.34. The molecule has 11 heteroatoms. The van der Waals surface area contributed by atoms with E-state index in [-0.39, 0.29) is 16.9 Å². The second-order valence-corrected chi connectivity index (χ2v) is 12.9. The van der Waals surface area contributed by atoms with Gasteiger partial charge in [0.25, 0.3) is 5.91 Å². The zero-order valence-electron chi connectivity index (χ0n) is 21.8. The van der Waals surface area contributed by atoms with E-state index in [1.807, 2.05) is 56.4 Å². The molecule has 2 aliphatic rings. The summed E-state index contributed by atoms with van der Waals surface area (Å²) >= 11 is 6.80. The lowest BCUT2D eigenvalue weighted by molar-refractivity contribution is -0.123. The molecular formula is C28H30N4O4S3. The van der Waals surface area contributed by atoms with Crippen molar-refractivity contribution in [3.63, 3.8) is 0 Å². The standard InChI is InChI=1S/C28H30N4O4S3/c1-3-30(4-2)39(34,35)24-14-8-10-20(16-24)26-21(18-32(29-26)22-11-6-5-7-12-22)17-25-27(33)31(28(37)38-25)19-23-13-9-15-36-23/h5-8,10-12,14,16-18,23H,3-4,9,13,15,19H2,1-2H3. The highest BCUT2D eigenvalue weighted by Crippen LogP contribution is 2.36. The van der Waals surface area contributed by atoms with Crippen molar-refractivity contribution in [3.8, 4) is 16.9 Å². The van der Waals surface area contributed by atoms with E-state index in [9.17, 15) is 13.2 Å². The van der Waals surface area contributed by atoms with E-state index in [0.29, 0.717) is 52.3 Å². The molecule has 5 rings (SSSR count). The van der Waals surface area contributed by atoms with Crippen LogP contribution in [0.15, 0.2) is 70.6 Å². The van der Waals surface area contributed by atoms with Gasteiger partial charge in [-0.1, -0.05) is 68.2 Å². The van der Waals surface area contributed by atoms with E-state index in [0.717, 1.165) is 18.5 Å². The van der Waals surface area contributed by atoms with Crippen molar-refractivity contribution >= 4 is 50.3 Å². The third-order valence-corrected chi connectivity index (χ3v) is 10.2. The van der Waals surface area contributed by atoms with Crippen LogP contribution in [0.3, 0.4) is 0 Å². The van der Waals surface area contributed by atoms with Crippen molar-refractivity contribution in [1.82, 2.24) is 19.0 Å². The molecule has 1 amide bonds. The van der Waals surface area contributed by atoms with Gasteiger partial charge in [0.2, 0.25) is 10.0 Å². The molecule has 3 aromatic rings. The van der Waals surface area contributed by atoms with Crippen LogP contribution in [0.4, 0.5) is 0 Å². The van der Waals surface area contributed by atoms with Crippen molar-refractivity contribution in [3.05, 3.63) is 71.3 Å². The summed E-state index contributed by atoms with van der Waals surface area (Å²) in [5.74, 6) is -0.156. The van der Waals surface area contributed by atoms with E-state index in [1.54, 1.807) is 33.9 Å². The van der Waals surface area contributed by atoms with Gasteiger partial charge in [-0.3, -0.25) is 9.69 Å². The maximum atomic E-state index is 13.3. The lowest BCUT2D eigenvalue weighted by atomic mass is 10.1. The molecule has 2 aliphatic heterocycles. The van der Waals surface area contributed by atoms with E-state index in [4.69, 9.17) is 22.1 Å². The van der Waals surface area contributed by atoms with Crippen molar-refractivity contribution < 1.29 is 17.9 Å². The van der Waals surface area contributed by atoms with Crippen LogP contribution in [0.5, 0.6) is 0 Å². The molecule has 39 heavy (non-hydrogen) atoms. The van der Waals surface area contributed by atoms with Crippen LogP contribution < -0.4 is 0 Å². The molecule has 1 atom stereocenters. The van der Waals surface area contributed by atoms with Crippen LogP contribution in [-0.2, 0) is 19.6 Å². The van der Waals surface area contributed by atoms with Gasteiger partial charge in [0.1, 0.15) is 10.0 Å². The fourth-order valence-electron chi connectivity index (χ4n) is 4.74. The van der Waals surface area contributed by atoms with Crippen LogP contribution in [0.25, 0.3) is 23.0 Å². The van der Waals surface area contributed by atoms with Gasteiger partial charge < -0.3 is 4.74 Å². The molecule has 2 saturated heterocycles. The fourth-order valence-corrected chi connectivity index (χ4v) is 7.51. The Morgan fingerprint density at radius 3 is 2.62 bits per heavy atom. The zero-order valence-corrected chi connectivity index (χ0v) is 24.3. The van der Waals surface area contributed by atoms with Crippen molar-refractivity contribution in [2.75, 3.05) is 26.2 Å². The number of nitrogens with zero attached hydrogens (tertiary/aromatic N) is 4. The molecule has 0 aliphatic carbocycles. The zero-order chi connectivity index (χ0) is 27.6. The maximum absolute atomic E-state index is 13.3. The first-order valence-electron chi connectivity index (χ1n) is 12.9. The minimum Gasteiger partial charge on any atom is -0.376 e. The molecule has 2 fully saturated rings. The van der Waals surface area contributed by atoms with Crippen molar-refractivity contribution in [1.29, 1.82) is 0 Å². The highest BCUT2D eigenvalue weighted by atomic mass is 32.2. The first kappa shape index (κ1) is 27.7. The maximum Gasteiger partial charge on any atom is 0.266 e. The van der Waals surface area contributed by atoms with Crippen LogP contribution in [-0.4, -0.2) is 70.0 Å². The summed E-state index contributed by atoms with van der Waals surface area (Å²) in [6.07, 6.45) is 5.54. The Morgan fingerprint density at radius 2 is 1.92 bits per heavy atom. The van der Waals surface area contributed by atoms with Crippen LogP contribution >= 0.6 is 24.0 Å². The van der Waals surface area contributed by atoms with Gasteiger partial charge in [-0.25, -0.2) is 13.1 Å². The van der Waals surface area contributed by atoms with Gasteiger partial charge in [0.15, 0.2) is 0 Å². The van der Waals surface area contributed by atoms with Crippen LogP contribution in [0, 0.1) is 0 Å². The monoisotopic (exact) mass is 582 g/mol. The molecule has 0 spiro atoms. The number of aromatic nitrogens is 2. The summed E-state index contributed by atoms with van der Waals surface area (Å²) in [5.41, 5.74) is 2.74. The minimum absolute atomic E-state index is 0.00117. The van der Waals surface area contributed by atoms with Gasteiger partial charge in [-0.05, 0) is 43.2 Å². The number of ether oxygens (including phenoxy) is 1. The number of carbonyl (C=O) groups is 1. The topological polar surface area (TPSA) is 84.7 Å². The van der Waals surface area contributed by atoms with Crippen LogP contribution in [0.1, 0.15) is 32.3 Å². The highest BCUT2D eigenvalue weighted by molar-refractivity contribution is 8.26. The van der Waals surface area contributed by atoms with Gasteiger partial charge in [0.05, 0.1) is 28.1 Å². The van der Waals surface area contributed by atoms with Gasteiger partial charge in [0, 0.05) is 37.0 Å². The Bertz CT molecular complexity index is 1510. The Hall–Kier alpha value is -2.83. The molecule has 0 N–H and O–H groups in total. The molecule has 1 unspecified atom stereocenters. The normalized spacial score (nSPS) is 19.1. The van der Waals surface area contributed by atoms with E-state index in [2.05, 4.69) is 0 Å². The van der Waals surface area contributed by atoms with Crippen LogP contribution in [0.2, 0.25) is 0 Å². The lowest BCUT2D eigenvalue weighted by Crippen LogP contribution is -2.35. The number of para-hydroxylation sites is 1. The summed E-state index contributed by atoms with van der Waals surface area (Å²) < 4.78 is 35.9. The number of sulfonamides is 1. The molecule has 3 heterocycles. The first-order chi connectivity index (χ1) is 18.8. The number of thiocarbonyl (C=S) groups is 1. The quantitative estimate of drug-likeness (QED) is 0.261. The molecule has 0 bridgehead atoms. The first-order valence-corrected chi connectivity index (χ1v) is 15.6. The molecule has 0 saturated carbocycles. The third-order valence-electron chi connectivity index (χ3n) is 6.78. The number of rotatable bonds is 9. The van der Waals surface area contributed by atoms with E-state index in [1.165, 1.54) is 16.1 Å². The minimum atomic E-state index is -3.66. The fraction of sp³-hybridized carbons (Fsp3) is 0.321. The number of benzene rings is 2. The number of hydrogen-bond acceptors (Lipinski definition) is 7. The van der Waals surface area contributed by atoms with Gasteiger partial charge >= 0.3 is 0 Å². The number of thioether (sulfide) groups is 1. The summed E-state index contributed by atoms with van der Waals surface area (Å²) in [6.45, 7) is 5.55. The van der Waals surface area contributed by atoms with Gasteiger partial charge in [-0.2, -0.15) is 9.40 Å². The largest absolute Gasteiger partial charge is 0.376 e. The second kappa shape index (κ2) is 11.7. The highest BCUT2D eigenvalue weighted by Gasteiger charge is 2.35. The average molecular weight is 583 g/mol. The smallest absolute Gasteiger partial charge is 0.266 e. The van der Waals surface area contributed by atoms with E-state index < -0.39 is 10.0 Å². The molecule has 2 aromatic carbocycles. The predicted octanol–water partition coefficient (Wildman–Crippen LogP) is 4.95. The summed E-state index contributed by atoms with van der Waals surface area (Å²) in [6, 6.07) is 16.4. The lowest BCUT2D eigenvalue weighted by Gasteiger charge is -2.18. The summed E-state index contributed by atoms with van der Waals surface area (Å²) in [7, 11) is -3.66. The number of carbonyl (C=O) groups excluding carboxylic acids is 1. The predicted molar refractivity (Wildman–Crippen MR) is 158 cm³/mol. The van der Waals surface area contributed by atoms with E-state index >= 15 is 0 Å². The molecular weight excluding hydrogens is 553 g/mol. The Labute approximate surface area is 238 Å².